The van der Waals surface area contributed by atoms with E-state index in [1.807, 2.05) is 37.3 Å². The van der Waals surface area contributed by atoms with Crippen LogP contribution in [0.2, 0.25) is 0 Å². The van der Waals surface area contributed by atoms with E-state index in [2.05, 4.69) is 16.0 Å². The van der Waals surface area contributed by atoms with Crippen molar-refractivity contribution >= 4 is 29.2 Å². The first-order valence-corrected chi connectivity index (χ1v) is 9.81. The largest absolute Gasteiger partial charge is 0.461 e. The number of hydrogen-bond donors (Lipinski definition) is 2. The number of carbonyl (C=O) groups excluding carboxylic acids is 3. The second-order valence-corrected chi connectivity index (χ2v) is 6.66. The SMILES string of the molecule is CCOC(=O)C1=NN(c2ccccc2)C(C(=O)NNC(=O)c2ccc(CC)cc2)C1. The first-order chi connectivity index (χ1) is 14.5. The van der Waals surface area contributed by atoms with Crippen LogP contribution in [0.25, 0.3) is 0 Å². The molecule has 0 saturated heterocycles. The predicted molar refractivity (Wildman–Crippen MR) is 113 cm³/mol. The summed E-state index contributed by atoms with van der Waals surface area (Å²) in [6.07, 6.45) is 0.944. The van der Waals surface area contributed by atoms with Gasteiger partial charge in [-0.05, 0) is 43.2 Å². The Morgan fingerprint density at radius 2 is 1.73 bits per heavy atom. The molecule has 3 rings (SSSR count). The molecule has 0 aromatic heterocycles. The Morgan fingerprint density at radius 1 is 1.03 bits per heavy atom. The number of nitrogens with zero attached hydrogens (tertiary/aromatic N) is 2. The van der Waals surface area contributed by atoms with Crippen LogP contribution in [0.4, 0.5) is 5.69 Å². The lowest BCUT2D eigenvalue weighted by atomic mass is 10.1. The minimum atomic E-state index is -0.797. The fourth-order valence-electron chi connectivity index (χ4n) is 3.04. The summed E-state index contributed by atoms with van der Waals surface area (Å²) in [7, 11) is 0. The highest BCUT2D eigenvalue weighted by atomic mass is 16.5. The molecule has 2 aromatic carbocycles. The predicted octanol–water partition coefficient (Wildman–Crippen LogP) is 2.21. The summed E-state index contributed by atoms with van der Waals surface area (Å²) in [6, 6.07) is 15.4. The molecule has 0 fully saturated rings. The molecule has 1 heterocycles. The van der Waals surface area contributed by atoms with Crippen LogP contribution in [-0.4, -0.2) is 36.1 Å². The number of esters is 1. The Bertz CT molecular complexity index is 941. The highest BCUT2D eigenvalue weighted by molar-refractivity contribution is 6.38. The zero-order valence-electron chi connectivity index (χ0n) is 16.9. The van der Waals surface area contributed by atoms with Gasteiger partial charge in [0.2, 0.25) is 0 Å². The Balaban J connectivity index is 1.69. The van der Waals surface area contributed by atoms with E-state index >= 15 is 0 Å². The molecule has 0 aliphatic carbocycles. The molecule has 8 nitrogen and oxygen atoms in total. The number of hydrazine groups is 1. The lowest BCUT2D eigenvalue weighted by molar-refractivity contribution is -0.135. The second kappa shape index (κ2) is 9.69. The first-order valence-electron chi connectivity index (χ1n) is 9.81. The number of aryl methyl sites for hydroxylation is 1. The van der Waals surface area contributed by atoms with E-state index in [4.69, 9.17) is 4.74 Å². The lowest BCUT2D eigenvalue weighted by Crippen LogP contribution is -2.50. The van der Waals surface area contributed by atoms with Gasteiger partial charge in [0.05, 0.1) is 12.3 Å². The Kier molecular flexibility index (Phi) is 6.79. The molecule has 2 amide bonds. The molecular weight excluding hydrogens is 384 g/mol. The zero-order chi connectivity index (χ0) is 21.5. The van der Waals surface area contributed by atoms with Gasteiger partial charge >= 0.3 is 5.97 Å². The number of ether oxygens (including phenoxy) is 1. The molecule has 2 N–H and O–H groups in total. The van der Waals surface area contributed by atoms with E-state index in [0.717, 1.165) is 12.0 Å². The van der Waals surface area contributed by atoms with Crippen molar-refractivity contribution in [1.82, 2.24) is 10.9 Å². The average molecular weight is 408 g/mol. The summed E-state index contributed by atoms with van der Waals surface area (Å²) >= 11 is 0. The smallest absolute Gasteiger partial charge is 0.354 e. The summed E-state index contributed by atoms with van der Waals surface area (Å²) in [5, 5.41) is 5.75. The monoisotopic (exact) mass is 408 g/mol. The molecule has 0 radical (unpaired) electrons. The molecular formula is C22H24N4O4. The van der Waals surface area contributed by atoms with Crippen molar-refractivity contribution in [1.29, 1.82) is 0 Å². The van der Waals surface area contributed by atoms with Crippen molar-refractivity contribution in [3.05, 3.63) is 65.7 Å². The maximum Gasteiger partial charge on any atom is 0.354 e. The van der Waals surface area contributed by atoms with Crippen LogP contribution in [0.15, 0.2) is 59.7 Å². The summed E-state index contributed by atoms with van der Waals surface area (Å²) in [5.74, 6) is -1.48. The molecule has 0 spiro atoms. The molecule has 0 saturated carbocycles. The van der Waals surface area contributed by atoms with E-state index in [-0.39, 0.29) is 18.7 Å². The van der Waals surface area contributed by atoms with Gasteiger partial charge in [0.25, 0.3) is 11.8 Å². The highest BCUT2D eigenvalue weighted by Gasteiger charge is 2.37. The van der Waals surface area contributed by atoms with Crippen LogP contribution in [0.5, 0.6) is 0 Å². The van der Waals surface area contributed by atoms with E-state index in [9.17, 15) is 14.4 Å². The normalized spacial score (nSPS) is 15.3. The maximum atomic E-state index is 12.8. The van der Waals surface area contributed by atoms with Crippen molar-refractivity contribution in [2.75, 3.05) is 11.6 Å². The van der Waals surface area contributed by atoms with Crippen molar-refractivity contribution in [2.45, 2.75) is 32.7 Å². The standard InChI is InChI=1S/C22H24N4O4/c1-3-15-10-12-16(13-11-15)20(27)23-24-21(28)19-14-18(22(29)30-4-2)25-26(19)17-8-6-5-7-9-17/h5-13,19H,3-4,14H2,1-2H3,(H,23,27)(H,24,28). The molecule has 156 valence electrons. The number of hydrogen-bond acceptors (Lipinski definition) is 6. The summed E-state index contributed by atoms with van der Waals surface area (Å²) in [5.41, 5.74) is 7.21. The van der Waals surface area contributed by atoms with Crippen molar-refractivity contribution in [3.63, 3.8) is 0 Å². The number of amides is 2. The Morgan fingerprint density at radius 3 is 2.37 bits per heavy atom. The van der Waals surface area contributed by atoms with Gasteiger partial charge < -0.3 is 4.74 Å². The summed E-state index contributed by atoms with van der Waals surface area (Å²) in [4.78, 5) is 37.2. The summed E-state index contributed by atoms with van der Waals surface area (Å²) < 4.78 is 5.02. The number of nitrogens with one attached hydrogen (secondary N) is 2. The number of hydrazone groups is 1. The van der Waals surface area contributed by atoms with Crippen LogP contribution < -0.4 is 15.9 Å². The van der Waals surface area contributed by atoms with Crippen molar-refractivity contribution in [2.24, 2.45) is 5.10 Å². The van der Waals surface area contributed by atoms with Gasteiger partial charge in [-0.1, -0.05) is 37.3 Å². The van der Waals surface area contributed by atoms with Gasteiger partial charge in [-0.15, -0.1) is 0 Å². The molecule has 1 aliphatic heterocycles. The van der Waals surface area contributed by atoms with E-state index < -0.39 is 23.8 Å². The minimum Gasteiger partial charge on any atom is -0.461 e. The van der Waals surface area contributed by atoms with Crippen molar-refractivity contribution in [3.8, 4) is 0 Å². The zero-order valence-corrected chi connectivity index (χ0v) is 16.9. The third-order valence-corrected chi connectivity index (χ3v) is 4.67. The van der Waals surface area contributed by atoms with E-state index in [0.29, 0.717) is 11.3 Å². The Hall–Kier alpha value is -3.68. The van der Waals surface area contributed by atoms with Gasteiger partial charge in [0.15, 0.2) is 0 Å². The van der Waals surface area contributed by atoms with Crippen LogP contribution in [0.3, 0.4) is 0 Å². The van der Waals surface area contributed by atoms with Gasteiger partial charge in [-0.25, -0.2) is 4.79 Å². The number of para-hydroxylation sites is 1. The number of benzene rings is 2. The van der Waals surface area contributed by atoms with Gasteiger partial charge in [-0.2, -0.15) is 5.10 Å². The number of carbonyl (C=O) groups is 3. The van der Waals surface area contributed by atoms with Gasteiger partial charge in [-0.3, -0.25) is 25.4 Å². The number of anilines is 1. The van der Waals surface area contributed by atoms with Gasteiger partial charge in [0, 0.05) is 12.0 Å². The molecule has 1 unspecified atom stereocenters. The number of rotatable bonds is 6. The molecule has 0 bridgehead atoms. The molecule has 1 aliphatic rings. The van der Waals surface area contributed by atoms with Crippen LogP contribution in [0.1, 0.15) is 36.2 Å². The molecule has 1 atom stereocenters. The van der Waals surface area contributed by atoms with Crippen LogP contribution in [0, 0.1) is 0 Å². The minimum absolute atomic E-state index is 0.0701. The quantitative estimate of drug-likeness (QED) is 0.564. The summed E-state index contributed by atoms with van der Waals surface area (Å²) in [6.45, 7) is 3.95. The van der Waals surface area contributed by atoms with E-state index in [1.165, 1.54) is 5.01 Å². The third kappa shape index (κ3) is 4.83. The van der Waals surface area contributed by atoms with Crippen molar-refractivity contribution < 1.29 is 19.1 Å². The lowest BCUT2D eigenvalue weighted by Gasteiger charge is -2.22. The second-order valence-electron chi connectivity index (χ2n) is 6.66. The van der Waals surface area contributed by atoms with Crippen LogP contribution >= 0.6 is 0 Å². The fourth-order valence-corrected chi connectivity index (χ4v) is 3.04. The highest BCUT2D eigenvalue weighted by Crippen LogP contribution is 2.25. The first kappa shape index (κ1) is 21.0. The van der Waals surface area contributed by atoms with E-state index in [1.54, 1.807) is 31.2 Å². The molecule has 2 aromatic rings. The topological polar surface area (TPSA) is 100 Å². The average Bonchev–Trinajstić information content (AvgIpc) is 3.24. The molecule has 8 heteroatoms. The maximum absolute atomic E-state index is 12.8. The fraction of sp³-hybridized carbons (Fsp3) is 0.273. The Labute approximate surface area is 174 Å². The third-order valence-electron chi connectivity index (χ3n) is 4.67. The van der Waals surface area contributed by atoms with Crippen LogP contribution in [-0.2, 0) is 20.7 Å². The van der Waals surface area contributed by atoms with Gasteiger partial charge in [0.1, 0.15) is 11.8 Å². The molecule has 30 heavy (non-hydrogen) atoms.